The molecule has 1 aromatic heterocycles. The Bertz CT molecular complexity index is 595. The number of hydrogen-bond acceptors (Lipinski definition) is 4. The number of hydrogen-bond donors (Lipinski definition) is 1. The minimum absolute atomic E-state index is 0.289. The number of benzene rings is 1. The summed E-state index contributed by atoms with van der Waals surface area (Å²) in [6.45, 7) is 9.18. The van der Waals surface area contributed by atoms with E-state index in [9.17, 15) is 4.39 Å². The quantitative estimate of drug-likeness (QED) is 0.886. The molecule has 1 aromatic carbocycles. The van der Waals surface area contributed by atoms with E-state index < -0.39 is 0 Å². The number of aryl methyl sites for hydroxylation is 1. The maximum absolute atomic E-state index is 13.4. The second-order valence-corrected chi connectivity index (χ2v) is 5.58. The summed E-state index contributed by atoms with van der Waals surface area (Å²) < 4.78 is 18.7. The van der Waals surface area contributed by atoms with Gasteiger partial charge in [-0.25, -0.2) is 4.39 Å². The molecule has 1 unspecified atom stereocenters. The highest BCUT2D eigenvalue weighted by Crippen LogP contribution is 2.22. The van der Waals surface area contributed by atoms with Gasteiger partial charge in [0.15, 0.2) is 0 Å². The van der Waals surface area contributed by atoms with Gasteiger partial charge in [-0.15, -0.1) is 0 Å². The summed E-state index contributed by atoms with van der Waals surface area (Å²) in [5.74, 6) is 1.19. The van der Waals surface area contributed by atoms with E-state index in [1.165, 1.54) is 12.1 Å². The lowest BCUT2D eigenvalue weighted by Crippen LogP contribution is -2.35. The Morgan fingerprint density at radius 2 is 2.10 bits per heavy atom. The first-order chi connectivity index (χ1) is 10.0. The van der Waals surface area contributed by atoms with Crippen LogP contribution in [-0.2, 0) is 6.42 Å². The molecule has 114 valence electrons. The van der Waals surface area contributed by atoms with E-state index in [4.69, 9.17) is 4.52 Å². The second kappa shape index (κ2) is 6.80. The van der Waals surface area contributed by atoms with Crippen LogP contribution in [0.15, 0.2) is 22.7 Å². The van der Waals surface area contributed by atoms with Gasteiger partial charge >= 0.3 is 0 Å². The molecule has 4 nitrogen and oxygen atoms in total. The molecule has 21 heavy (non-hydrogen) atoms. The van der Waals surface area contributed by atoms with Crippen molar-refractivity contribution in [1.29, 1.82) is 0 Å². The summed E-state index contributed by atoms with van der Waals surface area (Å²) >= 11 is 0. The molecule has 0 bridgehead atoms. The van der Waals surface area contributed by atoms with Gasteiger partial charge in [0.05, 0.1) is 0 Å². The molecule has 0 radical (unpaired) electrons. The lowest BCUT2D eigenvalue weighted by molar-refractivity contribution is 0.329. The molecule has 1 heterocycles. The smallest absolute Gasteiger partial charge is 0.228 e. The molecular formula is C16H22FN3O. The van der Waals surface area contributed by atoms with Gasteiger partial charge in [0.1, 0.15) is 5.82 Å². The lowest BCUT2D eigenvalue weighted by Gasteiger charge is -2.19. The third kappa shape index (κ3) is 3.88. The average Bonchev–Trinajstić information content (AvgIpc) is 2.89. The number of aromatic nitrogens is 2. The summed E-state index contributed by atoms with van der Waals surface area (Å²) in [6, 6.07) is 4.88. The van der Waals surface area contributed by atoms with Gasteiger partial charge in [-0.2, -0.15) is 4.98 Å². The van der Waals surface area contributed by atoms with Crippen LogP contribution >= 0.6 is 0 Å². The van der Waals surface area contributed by atoms with Crippen molar-refractivity contribution >= 4 is 0 Å². The number of halogens is 1. The van der Waals surface area contributed by atoms with Crippen LogP contribution < -0.4 is 5.32 Å². The van der Waals surface area contributed by atoms with Crippen LogP contribution in [0, 0.1) is 18.7 Å². The Hall–Kier alpha value is -1.75. The van der Waals surface area contributed by atoms with Crippen LogP contribution in [0.4, 0.5) is 4.39 Å². The van der Waals surface area contributed by atoms with Crippen LogP contribution in [0.1, 0.15) is 32.2 Å². The van der Waals surface area contributed by atoms with Crippen LogP contribution in [0.5, 0.6) is 0 Å². The maximum Gasteiger partial charge on any atom is 0.228 e. The number of rotatable bonds is 6. The normalized spacial score (nSPS) is 12.9. The standard InChI is InChI=1S/C16H22FN3O/c1-5-18-14(10(2)3)9-15-19-16(20-21-15)13-8-12(17)7-6-11(13)4/h6-8,10,14,18H,5,9H2,1-4H3. The first kappa shape index (κ1) is 15.6. The summed E-state index contributed by atoms with van der Waals surface area (Å²) in [7, 11) is 0. The zero-order valence-corrected chi connectivity index (χ0v) is 13.0. The maximum atomic E-state index is 13.4. The Morgan fingerprint density at radius 3 is 2.76 bits per heavy atom. The van der Waals surface area contributed by atoms with E-state index in [0.717, 1.165) is 12.1 Å². The zero-order valence-electron chi connectivity index (χ0n) is 13.0. The molecule has 2 aromatic rings. The Labute approximate surface area is 124 Å². The minimum Gasteiger partial charge on any atom is -0.339 e. The number of likely N-dealkylation sites (N-methyl/N-ethyl adjacent to an activating group) is 1. The fourth-order valence-electron chi connectivity index (χ4n) is 2.28. The highest BCUT2D eigenvalue weighted by atomic mass is 19.1. The molecule has 1 atom stereocenters. The fraction of sp³-hybridized carbons (Fsp3) is 0.500. The third-order valence-corrected chi connectivity index (χ3v) is 3.57. The van der Waals surface area contributed by atoms with Crippen molar-refractivity contribution in [3.8, 4) is 11.4 Å². The van der Waals surface area contributed by atoms with Gasteiger partial charge in [0.25, 0.3) is 0 Å². The molecule has 0 aliphatic heterocycles. The monoisotopic (exact) mass is 291 g/mol. The highest BCUT2D eigenvalue weighted by molar-refractivity contribution is 5.59. The van der Waals surface area contributed by atoms with Crippen molar-refractivity contribution < 1.29 is 8.91 Å². The van der Waals surface area contributed by atoms with Gasteiger partial charge < -0.3 is 9.84 Å². The second-order valence-electron chi connectivity index (χ2n) is 5.58. The first-order valence-corrected chi connectivity index (χ1v) is 7.33. The molecule has 2 rings (SSSR count). The van der Waals surface area contributed by atoms with Crippen LogP contribution in [0.25, 0.3) is 11.4 Å². The van der Waals surface area contributed by atoms with Gasteiger partial charge in [-0.3, -0.25) is 0 Å². The molecular weight excluding hydrogens is 269 g/mol. The van der Waals surface area contributed by atoms with Crippen molar-refractivity contribution in [3.05, 3.63) is 35.5 Å². The molecule has 1 N–H and O–H groups in total. The van der Waals surface area contributed by atoms with E-state index in [2.05, 4.69) is 36.2 Å². The Morgan fingerprint density at radius 1 is 1.33 bits per heavy atom. The minimum atomic E-state index is -0.297. The summed E-state index contributed by atoms with van der Waals surface area (Å²) in [6.07, 6.45) is 0.673. The zero-order chi connectivity index (χ0) is 15.4. The lowest BCUT2D eigenvalue weighted by atomic mass is 10.0. The SMILES string of the molecule is CCNC(Cc1nc(-c2cc(F)ccc2C)no1)C(C)C. The van der Waals surface area contributed by atoms with Crippen LogP contribution in [0.3, 0.4) is 0 Å². The number of nitrogens with zero attached hydrogens (tertiary/aromatic N) is 2. The van der Waals surface area contributed by atoms with Gasteiger partial charge in [-0.1, -0.05) is 32.0 Å². The summed E-state index contributed by atoms with van der Waals surface area (Å²) in [4.78, 5) is 4.40. The molecule has 5 heteroatoms. The van der Waals surface area contributed by atoms with Crippen molar-refractivity contribution in [2.75, 3.05) is 6.54 Å². The fourth-order valence-corrected chi connectivity index (χ4v) is 2.28. The van der Waals surface area contributed by atoms with E-state index in [1.54, 1.807) is 6.07 Å². The third-order valence-electron chi connectivity index (χ3n) is 3.57. The predicted octanol–water partition coefficient (Wildman–Crippen LogP) is 3.36. The van der Waals surface area contributed by atoms with Crippen molar-refractivity contribution in [3.63, 3.8) is 0 Å². The van der Waals surface area contributed by atoms with Gasteiger partial charge in [0.2, 0.25) is 11.7 Å². The van der Waals surface area contributed by atoms with Gasteiger partial charge in [0, 0.05) is 18.0 Å². The van der Waals surface area contributed by atoms with Crippen molar-refractivity contribution in [2.45, 2.75) is 40.2 Å². The predicted molar refractivity (Wildman–Crippen MR) is 80.4 cm³/mol. The topological polar surface area (TPSA) is 51.0 Å². The average molecular weight is 291 g/mol. The molecule has 0 fully saturated rings. The summed E-state index contributed by atoms with van der Waals surface area (Å²) in [5.41, 5.74) is 1.60. The van der Waals surface area contributed by atoms with E-state index in [1.807, 2.05) is 6.92 Å². The van der Waals surface area contributed by atoms with Crippen molar-refractivity contribution in [1.82, 2.24) is 15.5 Å². The van der Waals surface area contributed by atoms with Crippen LogP contribution in [0.2, 0.25) is 0 Å². The number of nitrogens with one attached hydrogen (secondary N) is 1. The molecule has 0 amide bonds. The molecule has 0 spiro atoms. The molecule has 0 saturated heterocycles. The molecule has 0 aliphatic carbocycles. The Kier molecular flexibility index (Phi) is 5.07. The summed E-state index contributed by atoms with van der Waals surface area (Å²) in [5, 5.41) is 7.39. The molecule has 0 aliphatic rings. The highest BCUT2D eigenvalue weighted by Gasteiger charge is 2.18. The Balaban J connectivity index is 2.19. The van der Waals surface area contributed by atoms with Gasteiger partial charge in [-0.05, 0) is 37.1 Å². The van der Waals surface area contributed by atoms with E-state index in [-0.39, 0.29) is 11.9 Å². The van der Waals surface area contributed by atoms with E-state index in [0.29, 0.717) is 29.6 Å². The first-order valence-electron chi connectivity index (χ1n) is 7.33. The largest absolute Gasteiger partial charge is 0.339 e. The van der Waals surface area contributed by atoms with E-state index >= 15 is 0 Å². The van der Waals surface area contributed by atoms with Crippen molar-refractivity contribution in [2.24, 2.45) is 5.92 Å². The van der Waals surface area contributed by atoms with Crippen LogP contribution in [-0.4, -0.2) is 22.7 Å². The molecule has 0 saturated carbocycles.